The standard InChI is InChI=1S/C15H19F3N4O4/c1-2-3-4-9-10(15(16,17)18)11(19)14(22(25)26)12(13(9)21(23)24)20-7-8-5-6-8/h8,20H,2-7,19H2,1H3. The molecule has 0 radical (unpaired) electrons. The summed E-state index contributed by atoms with van der Waals surface area (Å²) in [6.45, 7) is 1.93. The Morgan fingerprint density at radius 3 is 2.19 bits per heavy atom. The number of nitrogens with two attached hydrogens (primary N) is 1. The molecule has 3 N–H and O–H groups in total. The summed E-state index contributed by atoms with van der Waals surface area (Å²) in [5.74, 6) is 0.191. The third-order valence-electron chi connectivity index (χ3n) is 4.28. The van der Waals surface area contributed by atoms with Crippen LogP contribution >= 0.6 is 0 Å². The van der Waals surface area contributed by atoms with E-state index in [1.165, 1.54) is 0 Å². The molecule has 0 saturated heterocycles. The number of halogens is 3. The van der Waals surface area contributed by atoms with Crippen molar-refractivity contribution < 1.29 is 23.0 Å². The van der Waals surface area contributed by atoms with Crippen LogP contribution in [-0.4, -0.2) is 16.4 Å². The van der Waals surface area contributed by atoms with Crippen molar-refractivity contribution in [2.75, 3.05) is 17.6 Å². The number of hydrogen-bond acceptors (Lipinski definition) is 6. The fraction of sp³-hybridized carbons (Fsp3) is 0.600. The van der Waals surface area contributed by atoms with Crippen molar-refractivity contribution in [1.29, 1.82) is 0 Å². The molecule has 26 heavy (non-hydrogen) atoms. The molecule has 1 aliphatic rings. The predicted octanol–water partition coefficient (Wildman–Crippen LogP) is 4.27. The molecule has 144 valence electrons. The Bertz CT molecular complexity index is 733. The van der Waals surface area contributed by atoms with Crippen LogP contribution < -0.4 is 11.1 Å². The third-order valence-corrected chi connectivity index (χ3v) is 4.28. The molecule has 0 aliphatic heterocycles. The molecule has 0 spiro atoms. The molecule has 0 unspecified atom stereocenters. The second-order valence-corrected chi connectivity index (χ2v) is 6.28. The van der Waals surface area contributed by atoms with E-state index >= 15 is 0 Å². The molecule has 1 fully saturated rings. The predicted molar refractivity (Wildman–Crippen MR) is 89.0 cm³/mol. The van der Waals surface area contributed by atoms with Crippen LogP contribution in [0.15, 0.2) is 0 Å². The van der Waals surface area contributed by atoms with Gasteiger partial charge in [0.25, 0.3) is 0 Å². The van der Waals surface area contributed by atoms with Crippen LogP contribution in [-0.2, 0) is 12.6 Å². The van der Waals surface area contributed by atoms with E-state index in [4.69, 9.17) is 5.73 Å². The highest BCUT2D eigenvalue weighted by molar-refractivity contribution is 5.88. The monoisotopic (exact) mass is 376 g/mol. The first-order chi connectivity index (χ1) is 12.1. The van der Waals surface area contributed by atoms with Gasteiger partial charge in [-0.1, -0.05) is 13.3 Å². The molecule has 0 heterocycles. The lowest BCUT2D eigenvalue weighted by Gasteiger charge is -2.19. The summed E-state index contributed by atoms with van der Waals surface area (Å²) in [4.78, 5) is 20.8. The van der Waals surface area contributed by atoms with Crippen LogP contribution in [0.1, 0.15) is 43.7 Å². The molecule has 1 aliphatic carbocycles. The van der Waals surface area contributed by atoms with Crippen LogP contribution in [0.2, 0.25) is 0 Å². The summed E-state index contributed by atoms with van der Waals surface area (Å²) in [5, 5.41) is 25.6. The SMILES string of the molecule is CCCCc1c([N+](=O)[O-])c(NCC2CC2)c([N+](=O)[O-])c(N)c1C(F)(F)F. The molecule has 0 amide bonds. The van der Waals surface area contributed by atoms with Crippen molar-refractivity contribution in [3.05, 3.63) is 31.4 Å². The summed E-state index contributed by atoms with van der Waals surface area (Å²) >= 11 is 0. The van der Waals surface area contributed by atoms with Gasteiger partial charge in [-0.3, -0.25) is 20.2 Å². The summed E-state index contributed by atoms with van der Waals surface area (Å²) < 4.78 is 40.6. The minimum Gasteiger partial charge on any atom is -0.393 e. The molecule has 1 saturated carbocycles. The molecular formula is C15H19F3N4O4. The number of nitrogen functional groups attached to an aromatic ring is 1. The number of nitrogens with one attached hydrogen (secondary N) is 1. The molecular weight excluding hydrogens is 357 g/mol. The maximum absolute atomic E-state index is 13.5. The zero-order chi connectivity index (χ0) is 19.6. The quantitative estimate of drug-likeness (QED) is 0.397. The van der Waals surface area contributed by atoms with E-state index in [1.807, 2.05) is 0 Å². The molecule has 2 rings (SSSR count). The van der Waals surface area contributed by atoms with Crippen LogP contribution in [0.4, 0.5) is 35.9 Å². The van der Waals surface area contributed by atoms with Crippen LogP contribution in [0, 0.1) is 26.1 Å². The number of unbranched alkanes of at least 4 members (excludes halogenated alkanes) is 1. The van der Waals surface area contributed by atoms with E-state index in [0.717, 1.165) is 12.8 Å². The number of rotatable bonds is 8. The van der Waals surface area contributed by atoms with Crippen LogP contribution in [0.25, 0.3) is 0 Å². The van der Waals surface area contributed by atoms with E-state index < -0.39 is 49.9 Å². The van der Waals surface area contributed by atoms with E-state index in [-0.39, 0.29) is 25.3 Å². The van der Waals surface area contributed by atoms with Crippen molar-refractivity contribution in [3.8, 4) is 0 Å². The Labute approximate surface area is 146 Å². The molecule has 0 bridgehead atoms. The average Bonchev–Trinajstić information content (AvgIpc) is 3.32. The first-order valence-corrected chi connectivity index (χ1v) is 8.17. The van der Waals surface area contributed by atoms with Gasteiger partial charge in [0, 0.05) is 12.1 Å². The summed E-state index contributed by atoms with van der Waals surface area (Å²) in [7, 11) is 0. The highest BCUT2D eigenvalue weighted by atomic mass is 19.4. The summed E-state index contributed by atoms with van der Waals surface area (Å²) in [5.41, 5.74) is -0.207. The number of hydrogen-bond donors (Lipinski definition) is 2. The molecule has 0 atom stereocenters. The number of anilines is 2. The Hall–Kier alpha value is -2.59. The molecule has 1 aromatic carbocycles. The molecule has 8 nitrogen and oxygen atoms in total. The van der Waals surface area contributed by atoms with Crippen LogP contribution in [0.5, 0.6) is 0 Å². The Morgan fingerprint density at radius 1 is 1.19 bits per heavy atom. The van der Waals surface area contributed by atoms with E-state index in [0.29, 0.717) is 6.42 Å². The van der Waals surface area contributed by atoms with Crippen molar-refractivity contribution in [2.45, 2.75) is 45.2 Å². The minimum absolute atomic E-state index is 0.191. The smallest absolute Gasteiger partial charge is 0.393 e. The van der Waals surface area contributed by atoms with Crippen LogP contribution in [0.3, 0.4) is 0 Å². The van der Waals surface area contributed by atoms with Crippen molar-refractivity contribution in [2.24, 2.45) is 5.92 Å². The van der Waals surface area contributed by atoms with Gasteiger partial charge in [0.15, 0.2) is 5.69 Å². The zero-order valence-corrected chi connectivity index (χ0v) is 14.1. The topological polar surface area (TPSA) is 124 Å². The molecule has 11 heteroatoms. The Balaban J connectivity index is 2.80. The van der Waals surface area contributed by atoms with Gasteiger partial charge in [0.1, 0.15) is 5.69 Å². The highest BCUT2D eigenvalue weighted by Gasteiger charge is 2.45. The fourth-order valence-corrected chi connectivity index (χ4v) is 2.84. The fourth-order valence-electron chi connectivity index (χ4n) is 2.84. The van der Waals surface area contributed by atoms with E-state index in [1.54, 1.807) is 6.92 Å². The number of nitro benzene ring substituents is 2. The summed E-state index contributed by atoms with van der Waals surface area (Å²) in [6, 6.07) is 0. The Kier molecular flexibility index (Phi) is 5.57. The highest BCUT2D eigenvalue weighted by Crippen LogP contribution is 2.50. The zero-order valence-electron chi connectivity index (χ0n) is 14.1. The third kappa shape index (κ3) is 3.97. The van der Waals surface area contributed by atoms with Gasteiger partial charge in [0.05, 0.1) is 15.4 Å². The first-order valence-electron chi connectivity index (χ1n) is 8.17. The van der Waals surface area contributed by atoms with Gasteiger partial charge in [-0.2, -0.15) is 13.2 Å². The number of benzene rings is 1. The maximum Gasteiger partial charge on any atom is 0.419 e. The van der Waals surface area contributed by atoms with E-state index in [9.17, 15) is 33.4 Å². The van der Waals surface area contributed by atoms with Gasteiger partial charge >= 0.3 is 17.6 Å². The molecule has 0 aromatic heterocycles. The van der Waals surface area contributed by atoms with Crippen molar-refractivity contribution in [3.63, 3.8) is 0 Å². The van der Waals surface area contributed by atoms with Gasteiger partial charge in [-0.05, 0) is 31.6 Å². The van der Waals surface area contributed by atoms with Crippen molar-refractivity contribution in [1.82, 2.24) is 0 Å². The van der Waals surface area contributed by atoms with Gasteiger partial charge in [-0.25, -0.2) is 0 Å². The van der Waals surface area contributed by atoms with Gasteiger partial charge in [-0.15, -0.1) is 0 Å². The Morgan fingerprint density at radius 2 is 1.77 bits per heavy atom. The number of alkyl halides is 3. The van der Waals surface area contributed by atoms with Gasteiger partial charge < -0.3 is 11.1 Å². The average molecular weight is 376 g/mol. The lowest BCUT2D eigenvalue weighted by molar-refractivity contribution is -0.392. The van der Waals surface area contributed by atoms with Gasteiger partial charge in [0.2, 0.25) is 0 Å². The lowest BCUT2D eigenvalue weighted by atomic mass is 9.95. The molecule has 1 aromatic rings. The van der Waals surface area contributed by atoms with E-state index in [2.05, 4.69) is 5.32 Å². The number of nitro groups is 2. The number of nitrogens with zero attached hydrogens (tertiary/aromatic N) is 2. The second kappa shape index (κ2) is 7.34. The minimum atomic E-state index is -5.04. The lowest BCUT2D eigenvalue weighted by Crippen LogP contribution is -2.19. The largest absolute Gasteiger partial charge is 0.419 e. The second-order valence-electron chi connectivity index (χ2n) is 6.28. The first kappa shape index (κ1) is 19.7. The van der Waals surface area contributed by atoms with Crippen molar-refractivity contribution >= 4 is 22.7 Å². The maximum atomic E-state index is 13.5. The summed E-state index contributed by atoms with van der Waals surface area (Å²) in [6.07, 6.45) is -2.83. The normalized spacial score (nSPS) is 14.3.